The van der Waals surface area contributed by atoms with Gasteiger partial charge in [0, 0.05) is 25.8 Å². The van der Waals surface area contributed by atoms with E-state index in [2.05, 4.69) is 0 Å². The van der Waals surface area contributed by atoms with E-state index in [9.17, 15) is 9.59 Å². The number of anilines is 1. The van der Waals surface area contributed by atoms with E-state index in [1.54, 1.807) is 19.2 Å². The van der Waals surface area contributed by atoms with Gasteiger partial charge in [0.25, 0.3) is 0 Å². The molecule has 116 valence electrons. The van der Waals surface area contributed by atoms with E-state index >= 15 is 0 Å². The summed E-state index contributed by atoms with van der Waals surface area (Å²) in [5, 5.41) is 0. The first-order valence-corrected chi connectivity index (χ1v) is 6.85. The Kier molecular flexibility index (Phi) is 6.68. The molecule has 1 unspecified atom stereocenters. The van der Waals surface area contributed by atoms with Crippen LogP contribution in [0.1, 0.15) is 25.3 Å². The highest BCUT2D eigenvalue weighted by Gasteiger charge is 2.17. The summed E-state index contributed by atoms with van der Waals surface area (Å²) in [5.74, 6) is -0.645. The van der Waals surface area contributed by atoms with E-state index in [0.29, 0.717) is 25.1 Å². The van der Waals surface area contributed by atoms with Crippen molar-refractivity contribution in [2.24, 2.45) is 5.73 Å². The molecule has 4 N–H and O–H groups in total. The molecule has 6 nitrogen and oxygen atoms in total. The van der Waals surface area contributed by atoms with Crippen LogP contribution in [0.2, 0.25) is 0 Å². The minimum absolute atomic E-state index is 0.000835. The van der Waals surface area contributed by atoms with E-state index in [0.717, 1.165) is 5.56 Å². The number of carbonyl (C=O) groups excluding carboxylic acids is 2. The molecule has 0 fully saturated rings. The molecule has 0 spiro atoms. The lowest BCUT2D eigenvalue weighted by Crippen LogP contribution is -2.38. The molecule has 0 heterocycles. The van der Waals surface area contributed by atoms with Crippen molar-refractivity contribution < 1.29 is 14.3 Å². The number of nitrogens with two attached hydrogens (primary N) is 2. The van der Waals surface area contributed by atoms with Crippen molar-refractivity contribution in [3.05, 3.63) is 29.8 Å². The molecule has 6 heteroatoms. The Hall–Kier alpha value is -2.08. The lowest BCUT2D eigenvalue weighted by atomic mass is 10.1. The largest absolute Gasteiger partial charge is 0.399 e. The lowest BCUT2D eigenvalue weighted by molar-refractivity contribution is -0.136. The Morgan fingerprint density at radius 3 is 2.43 bits per heavy atom. The molecule has 1 aromatic rings. The van der Waals surface area contributed by atoms with Gasteiger partial charge in [-0.05, 0) is 31.0 Å². The molecule has 0 radical (unpaired) electrons. The number of hydrogen-bond acceptors (Lipinski definition) is 4. The number of carbonyl (C=O) groups is 2. The summed E-state index contributed by atoms with van der Waals surface area (Å²) in [7, 11) is 1.60. The molecule has 21 heavy (non-hydrogen) atoms. The average molecular weight is 293 g/mol. The molecule has 0 aromatic heterocycles. The van der Waals surface area contributed by atoms with Gasteiger partial charge in [0.15, 0.2) is 0 Å². The molecule has 1 rings (SSSR count). The third-order valence-electron chi connectivity index (χ3n) is 3.22. The first-order chi connectivity index (χ1) is 9.92. The number of rotatable bonds is 8. The van der Waals surface area contributed by atoms with Crippen LogP contribution < -0.4 is 11.5 Å². The van der Waals surface area contributed by atoms with E-state index in [4.69, 9.17) is 16.2 Å². The molecular weight excluding hydrogens is 270 g/mol. The summed E-state index contributed by atoms with van der Waals surface area (Å²) in [5.41, 5.74) is 12.4. The fourth-order valence-electron chi connectivity index (χ4n) is 1.87. The zero-order valence-electron chi connectivity index (χ0n) is 12.5. The minimum Gasteiger partial charge on any atom is -0.399 e. The smallest absolute Gasteiger partial charge is 0.237 e. The number of nitrogen functional groups attached to an aromatic ring is 1. The highest BCUT2D eigenvalue weighted by molar-refractivity contribution is 5.83. The molecule has 1 atom stereocenters. The first kappa shape index (κ1) is 17.0. The summed E-state index contributed by atoms with van der Waals surface area (Å²) in [6.07, 6.45) is 0.921. The molecule has 0 saturated heterocycles. The number of amides is 2. The molecule has 2 amide bonds. The van der Waals surface area contributed by atoms with Crippen molar-refractivity contribution in [2.75, 3.05) is 19.4 Å². The summed E-state index contributed by atoms with van der Waals surface area (Å²) in [6.45, 7) is 2.14. The number of methoxy groups -OCH3 is 1. The Morgan fingerprint density at radius 1 is 1.29 bits per heavy atom. The maximum atomic E-state index is 12.2. The SMILES string of the molecule is COC(C)CCC(=O)N(CC(N)=O)Cc1ccc(N)cc1. The summed E-state index contributed by atoms with van der Waals surface area (Å²) < 4.78 is 5.12. The van der Waals surface area contributed by atoms with Gasteiger partial charge in [0.05, 0.1) is 12.6 Å². The quantitative estimate of drug-likeness (QED) is 0.696. The Morgan fingerprint density at radius 2 is 1.90 bits per heavy atom. The monoisotopic (exact) mass is 293 g/mol. The summed E-state index contributed by atoms with van der Waals surface area (Å²) in [6, 6.07) is 7.17. The topological polar surface area (TPSA) is 98.6 Å². The highest BCUT2D eigenvalue weighted by Crippen LogP contribution is 2.11. The predicted molar refractivity (Wildman–Crippen MR) is 81.2 cm³/mol. The average Bonchev–Trinajstić information content (AvgIpc) is 2.45. The van der Waals surface area contributed by atoms with Gasteiger partial charge in [-0.25, -0.2) is 0 Å². The van der Waals surface area contributed by atoms with Gasteiger partial charge in [-0.15, -0.1) is 0 Å². The first-order valence-electron chi connectivity index (χ1n) is 6.85. The fraction of sp³-hybridized carbons (Fsp3) is 0.467. The van der Waals surface area contributed by atoms with E-state index in [-0.39, 0.29) is 18.6 Å². The van der Waals surface area contributed by atoms with Gasteiger partial charge < -0.3 is 21.1 Å². The third kappa shape index (κ3) is 6.27. The van der Waals surface area contributed by atoms with Gasteiger partial charge in [0.2, 0.25) is 11.8 Å². The van der Waals surface area contributed by atoms with Crippen LogP contribution in [0.15, 0.2) is 24.3 Å². The van der Waals surface area contributed by atoms with Crippen LogP contribution in [0, 0.1) is 0 Å². The second-order valence-corrected chi connectivity index (χ2v) is 5.04. The number of primary amides is 1. The minimum atomic E-state index is -0.529. The Labute approximate surface area is 125 Å². The predicted octanol–water partition coefficient (Wildman–Crippen LogP) is 0.898. The number of ether oxygens (including phenoxy) is 1. The standard InChI is InChI=1S/C15H23N3O3/c1-11(21-2)3-8-15(20)18(10-14(17)19)9-12-4-6-13(16)7-5-12/h4-7,11H,3,8-10,16H2,1-2H3,(H2,17,19). The molecule has 0 aliphatic heterocycles. The second kappa shape index (κ2) is 8.26. The molecule has 0 aliphatic carbocycles. The van der Waals surface area contributed by atoms with Gasteiger partial charge in [-0.1, -0.05) is 12.1 Å². The Balaban J connectivity index is 2.68. The van der Waals surface area contributed by atoms with Crippen LogP contribution >= 0.6 is 0 Å². The fourth-order valence-corrected chi connectivity index (χ4v) is 1.87. The van der Waals surface area contributed by atoms with Crippen LogP contribution in [-0.2, 0) is 20.9 Å². The van der Waals surface area contributed by atoms with Crippen molar-refractivity contribution in [1.29, 1.82) is 0 Å². The normalized spacial score (nSPS) is 11.9. The van der Waals surface area contributed by atoms with E-state index in [1.807, 2.05) is 19.1 Å². The van der Waals surface area contributed by atoms with Gasteiger partial charge in [-0.2, -0.15) is 0 Å². The van der Waals surface area contributed by atoms with E-state index < -0.39 is 5.91 Å². The summed E-state index contributed by atoms with van der Waals surface area (Å²) in [4.78, 5) is 24.8. The van der Waals surface area contributed by atoms with Crippen molar-refractivity contribution in [2.45, 2.75) is 32.4 Å². The molecular formula is C15H23N3O3. The van der Waals surface area contributed by atoms with Crippen molar-refractivity contribution in [3.8, 4) is 0 Å². The summed E-state index contributed by atoms with van der Waals surface area (Å²) >= 11 is 0. The van der Waals surface area contributed by atoms with Crippen molar-refractivity contribution >= 4 is 17.5 Å². The number of nitrogens with zero attached hydrogens (tertiary/aromatic N) is 1. The second-order valence-electron chi connectivity index (χ2n) is 5.04. The number of hydrogen-bond donors (Lipinski definition) is 2. The lowest BCUT2D eigenvalue weighted by Gasteiger charge is -2.22. The van der Waals surface area contributed by atoms with Crippen LogP contribution in [-0.4, -0.2) is 36.5 Å². The molecule has 0 saturated carbocycles. The van der Waals surface area contributed by atoms with Crippen molar-refractivity contribution in [3.63, 3.8) is 0 Å². The van der Waals surface area contributed by atoms with E-state index in [1.165, 1.54) is 4.90 Å². The van der Waals surface area contributed by atoms with Gasteiger partial charge >= 0.3 is 0 Å². The van der Waals surface area contributed by atoms with Crippen molar-refractivity contribution in [1.82, 2.24) is 4.90 Å². The molecule has 0 bridgehead atoms. The Bertz CT molecular complexity index is 474. The van der Waals surface area contributed by atoms with Crippen LogP contribution in [0.3, 0.4) is 0 Å². The highest BCUT2D eigenvalue weighted by atomic mass is 16.5. The van der Waals surface area contributed by atoms with Crippen LogP contribution in [0.25, 0.3) is 0 Å². The maximum absolute atomic E-state index is 12.2. The van der Waals surface area contributed by atoms with Crippen LogP contribution in [0.5, 0.6) is 0 Å². The molecule has 0 aliphatic rings. The van der Waals surface area contributed by atoms with Gasteiger partial charge in [0.1, 0.15) is 0 Å². The zero-order valence-corrected chi connectivity index (χ0v) is 12.5. The van der Waals surface area contributed by atoms with Crippen LogP contribution in [0.4, 0.5) is 5.69 Å². The molecule has 1 aromatic carbocycles. The zero-order chi connectivity index (χ0) is 15.8. The maximum Gasteiger partial charge on any atom is 0.237 e. The number of benzene rings is 1. The third-order valence-corrected chi connectivity index (χ3v) is 3.22. The van der Waals surface area contributed by atoms with Gasteiger partial charge in [-0.3, -0.25) is 9.59 Å².